The maximum atomic E-state index is 12.2. The fourth-order valence-electron chi connectivity index (χ4n) is 1.85. The van der Waals surface area contributed by atoms with Crippen molar-refractivity contribution in [2.24, 2.45) is 0 Å². The first-order valence-electron chi connectivity index (χ1n) is 6.00. The van der Waals surface area contributed by atoms with Gasteiger partial charge in [-0.2, -0.15) is 4.31 Å². The Morgan fingerprint density at radius 2 is 2.10 bits per heavy atom. The maximum absolute atomic E-state index is 12.2. The van der Waals surface area contributed by atoms with E-state index in [1.165, 1.54) is 7.05 Å². The van der Waals surface area contributed by atoms with Crippen LogP contribution in [0.5, 0.6) is 0 Å². The van der Waals surface area contributed by atoms with Gasteiger partial charge in [0, 0.05) is 33.2 Å². The number of hydrogen-bond acceptors (Lipinski definition) is 5. The molecule has 9 heteroatoms. The summed E-state index contributed by atoms with van der Waals surface area (Å²) in [5.74, 6) is -0.149. The molecule has 114 valence electrons. The van der Waals surface area contributed by atoms with Crippen molar-refractivity contribution in [3.05, 3.63) is 17.5 Å². The standard InChI is InChI=1S/C11H17N3O3S2.ClH/c1-13(19(16,17)11-3-2-8-18-11)9-10(15)14-6-4-12-5-7-14;/h2-3,8,12H,4-7,9H2,1H3;1H. The van der Waals surface area contributed by atoms with Crippen molar-refractivity contribution in [2.75, 3.05) is 39.8 Å². The summed E-state index contributed by atoms with van der Waals surface area (Å²) in [6.45, 7) is 2.66. The Balaban J connectivity index is 0.00000200. The Hall–Kier alpha value is -0.670. The molecule has 0 bridgehead atoms. The van der Waals surface area contributed by atoms with E-state index in [-0.39, 0.29) is 29.1 Å². The highest BCUT2D eigenvalue weighted by molar-refractivity contribution is 7.91. The molecule has 0 radical (unpaired) electrons. The van der Waals surface area contributed by atoms with E-state index in [1.807, 2.05) is 0 Å². The van der Waals surface area contributed by atoms with Gasteiger partial charge in [0.2, 0.25) is 5.91 Å². The number of nitrogens with one attached hydrogen (secondary N) is 1. The molecule has 20 heavy (non-hydrogen) atoms. The Morgan fingerprint density at radius 1 is 1.45 bits per heavy atom. The van der Waals surface area contributed by atoms with Gasteiger partial charge in [0.25, 0.3) is 10.0 Å². The molecule has 0 aliphatic carbocycles. The average Bonchev–Trinajstić information content (AvgIpc) is 2.94. The molecule has 1 aliphatic rings. The second-order valence-corrected chi connectivity index (χ2v) is 7.54. The maximum Gasteiger partial charge on any atom is 0.252 e. The minimum absolute atomic E-state index is 0. The average molecular weight is 340 g/mol. The van der Waals surface area contributed by atoms with E-state index in [9.17, 15) is 13.2 Å². The van der Waals surface area contributed by atoms with Crippen molar-refractivity contribution in [1.82, 2.24) is 14.5 Å². The monoisotopic (exact) mass is 339 g/mol. The number of piperazine rings is 1. The summed E-state index contributed by atoms with van der Waals surface area (Å²) < 4.78 is 25.7. The van der Waals surface area contributed by atoms with E-state index in [2.05, 4.69) is 5.32 Å². The molecule has 1 saturated heterocycles. The van der Waals surface area contributed by atoms with Crippen LogP contribution in [0.1, 0.15) is 0 Å². The molecule has 2 rings (SSSR count). The number of rotatable bonds is 4. The van der Waals surface area contributed by atoms with Crippen LogP contribution in [-0.2, 0) is 14.8 Å². The first kappa shape index (κ1) is 17.4. The van der Waals surface area contributed by atoms with Crippen LogP contribution in [0.3, 0.4) is 0 Å². The zero-order valence-corrected chi connectivity index (χ0v) is 13.6. The second-order valence-electron chi connectivity index (χ2n) is 4.32. The summed E-state index contributed by atoms with van der Waals surface area (Å²) in [7, 11) is -2.10. The summed E-state index contributed by atoms with van der Waals surface area (Å²) in [6, 6.07) is 3.23. The van der Waals surface area contributed by atoms with E-state index in [0.29, 0.717) is 13.1 Å². The summed E-state index contributed by atoms with van der Waals surface area (Å²) in [6.07, 6.45) is 0. The molecular weight excluding hydrogens is 322 g/mol. The van der Waals surface area contributed by atoms with Crippen LogP contribution in [0, 0.1) is 0 Å². The van der Waals surface area contributed by atoms with E-state index in [1.54, 1.807) is 22.4 Å². The minimum Gasteiger partial charge on any atom is -0.339 e. The van der Waals surface area contributed by atoms with Gasteiger partial charge in [-0.05, 0) is 11.4 Å². The number of hydrogen-bond donors (Lipinski definition) is 1. The van der Waals surface area contributed by atoms with Crippen LogP contribution in [0.15, 0.2) is 21.7 Å². The van der Waals surface area contributed by atoms with E-state index >= 15 is 0 Å². The smallest absolute Gasteiger partial charge is 0.252 e. The highest BCUT2D eigenvalue weighted by atomic mass is 35.5. The zero-order valence-electron chi connectivity index (χ0n) is 11.1. The van der Waals surface area contributed by atoms with Crippen molar-refractivity contribution in [2.45, 2.75) is 4.21 Å². The number of halogens is 1. The molecule has 1 N–H and O–H groups in total. The van der Waals surface area contributed by atoms with Gasteiger partial charge >= 0.3 is 0 Å². The molecule has 0 aromatic carbocycles. The molecule has 0 atom stereocenters. The topological polar surface area (TPSA) is 69.7 Å². The van der Waals surface area contributed by atoms with Gasteiger partial charge in [-0.15, -0.1) is 23.7 Å². The fourth-order valence-corrected chi connectivity index (χ4v) is 4.17. The third-order valence-corrected chi connectivity index (χ3v) is 6.16. The molecule has 6 nitrogen and oxygen atoms in total. The lowest BCUT2D eigenvalue weighted by atomic mass is 10.3. The van der Waals surface area contributed by atoms with E-state index in [4.69, 9.17) is 0 Å². The molecule has 0 spiro atoms. The molecule has 1 aliphatic heterocycles. The van der Waals surface area contributed by atoms with Crippen LogP contribution >= 0.6 is 23.7 Å². The van der Waals surface area contributed by atoms with E-state index in [0.717, 1.165) is 28.7 Å². The Bertz CT molecular complexity index is 527. The molecule has 1 aromatic heterocycles. The minimum atomic E-state index is -3.54. The summed E-state index contributed by atoms with van der Waals surface area (Å²) in [5.41, 5.74) is 0. The van der Waals surface area contributed by atoms with Gasteiger partial charge in [-0.3, -0.25) is 4.79 Å². The van der Waals surface area contributed by atoms with Crippen LogP contribution in [0.4, 0.5) is 0 Å². The van der Waals surface area contributed by atoms with Crippen LogP contribution in [-0.4, -0.2) is 63.3 Å². The molecule has 0 unspecified atom stereocenters. The SMILES string of the molecule is CN(CC(=O)N1CCNCC1)S(=O)(=O)c1cccs1.Cl. The highest BCUT2D eigenvalue weighted by Gasteiger charge is 2.26. The number of likely N-dealkylation sites (N-methyl/N-ethyl adjacent to an activating group) is 1. The highest BCUT2D eigenvalue weighted by Crippen LogP contribution is 2.19. The van der Waals surface area contributed by atoms with Crippen LogP contribution < -0.4 is 5.32 Å². The van der Waals surface area contributed by atoms with Crippen molar-refractivity contribution < 1.29 is 13.2 Å². The summed E-state index contributed by atoms with van der Waals surface area (Å²) in [4.78, 5) is 13.7. The van der Waals surface area contributed by atoms with Gasteiger partial charge in [0.1, 0.15) is 4.21 Å². The van der Waals surface area contributed by atoms with Crippen molar-refractivity contribution in [3.8, 4) is 0 Å². The van der Waals surface area contributed by atoms with Gasteiger partial charge < -0.3 is 10.2 Å². The third kappa shape index (κ3) is 3.92. The lowest BCUT2D eigenvalue weighted by Crippen LogP contribution is -2.49. The molecule has 1 aromatic rings. The molecule has 1 amide bonds. The molecular formula is C11H18ClN3O3S2. The lowest BCUT2D eigenvalue weighted by Gasteiger charge is -2.28. The number of thiophene rings is 1. The number of carbonyl (C=O) groups is 1. The second kappa shape index (κ2) is 7.37. The van der Waals surface area contributed by atoms with Gasteiger partial charge in [0.15, 0.2) is 0 Å². The normalized spacial score (nSPS) is 16.0. The number of nitrogens with zero attached hydrogens (tertiary/aromatic N) is 2. The van der Waals surface area contributed by atoms with E-state index < -0.39 is 10.0 Å². The van der Waals surface area contributed by atoms with Crippen LogP contribution in [0.25, 0.3) is 0 Å². The number of amides is 1. The first-order chi connectivity index (χ1) is 9.01. The molecule has 0 saturated carbocycles. The van der Waals surface area contributed by atoms with Crippen molar-refractivity contribution in [1.29, 1.82) is 0 Å². The fraction of sp³-hybridized carbons (Fsp3) is 0.545. The van der Waals surface area contributed by atoms with Crippen molar-refractivity contribution in [3.63, 3.8) is 0 Å². The summed E-state index contributed by atoms with van der Waals surface area (Å²) >= 11 is 1.16. The molecule has 1 fully saturated rings. The zero-order chi connectivity index (χ0) is 13.9. The quantitative estimate of drug-likeness (QED) is 0.852. The van der Waals surface area contributed by atoms with Gasteiger partial charge in [-0.1, -0.05) is 6.07 Å². The predicted octanol–water partition coefficient (Wildman–Crippen LogP) is 0.222. The number of sulfonamides is 1. The number of carbonyl (C=O) groups excluding carboxylic acids is 1. The Kier molecular flexibility index (Phi) is 6.41. The third-order valence-electron chi connectivity index (χ3n) is 2.99. The summed E-state index contributed by atoms with van der Waals surface area (Å²) in [5, 5.41) is 4.86. The lowest BCUT2D eigenvalue weighted by molar-refractivity contribution is -0.131. The van der Waals surface area contributed by atoms with Crippen molar-refractivity contribution >= 4 is 39.7 Å². The predicted molar refractivity (Wildman–Crippen MR) is 80.8 cm³/mol. The Morgan fingerprint density at radius 3 is 2.65 bits per heavy atom. The molecule has 2 heterocycles. The van der Waals surface area contributed by atoms with Crippen LogP contribution in [0.2, 0.25) is 0 Å². The van der Waals surface area contributed by atoms with Gasteiger partial charge in [0.05, 0.1) is 6.54 Å². The first-order valence-corrected chi connectivity index (χ1v) is 8.32. The Labute approximate surface area is 129 Å². The largest absolute Gasteiger partial charge is 0.339 e. The van der Waals surface area contributed by atoms with Gasteiger partial charge in [-0.25, -0.2) is 8.42 Å².